The van der Waals surface area contributed by atoms with E-state index in [9.17, 15) is 0 Å². The number of furan rings is 1. The van der Waals surface area contributed by atoms with Gasteiger partial charge < -0.3 is 4.42 Å². The Hall–Kier alpha value is -7.18. The summed E-state index contributed by atoms with van der Waals surface area (Å²) in [4.78, 5) is 20.0. The summed E-state index contributed by atoms with van der Waals surface area (Å²) in [5.41, 5.74) is 7.72. The van der Waals surface area contributed by atoms with Gasteiger partial charge in [0.2, 0.25) is 5.95 Å². The summed E-state index contributed by atoms with van der Waals surface area (Å²) in [5.74, 6) is 1.70. The van der Waals surface area contributed by atoms with Crippen molar-refractivity contribution < 1.29 is 4.42 Å². The van der Waals surface area contributed by atoms with Crippen LogP contribution in [0, 0.1) is 0 Å². The van der Waals surface area contributed by atoms with Crippen molar-refractivity contribution in [3.8, 4) is 39.9 Å². The van der Waals surface area contributed by atoms with E-state index in [2.05, 4.69) is 137 Å². The number of benzene rings is 7. The first-order valence-electron chi connectivity index (χ1n) is 17.3. The van der Waals surface area contributed by atoms with Crippen LogP contribution in [0.5, 0.6) is 0 Å². The standard InChI is InChI=1S/C46H27N5O/c1-2-9-29-24-30(17-16-28(29)8-1)31-18-19-33-26-34(21-20-32(33)25-31)44-48-45(37-12-7-15-42-43(37)38-27-47-23-22-41(38)52-42)50-46(49-44)51-39-13-5-3-10-35(39)36-11-4-6-14-40(36)51/h1-27H. The zero-order valence-electron chi connectivity index (χ0n) is 27.7. The molecule has 7 aromatic carbocycles. The van der Waals surface area contributed by atoms with Crippen LogP contribution in [0.1, 0.15) is 0 Å². The van der Waals surface area contributed by atoms with E-state index in [4.69, 9.17) is 19.4 Å². The number of hydrogen-bond acceptors (Lipinski definition) is 5. The third-order valence-electron chi connectivity index (χ3n) is 10.1. The van der Waals surface area contributed by atoms with Crippen molar-refractivity contribution in [3.05, 3.63) is 164 Å². The Balaban J connectivity index is 1.12. The van der Waals surface area contributed by atoms with Crippen molar-refractivity contribution in [2.45, 2.75) is 0 Å². The normalized spacial score (nSPS) is 11.8. The van der Waals surface area contributed by atoms with E-state index < -0.39 is 0 Å². The zero-order valence-corrected chi connectivity index (χ0v) is 27.7. The van der Waals surface area contributed by atoms with E-state index in [1.54, 1.807) is 6.20 Å². The lowest BCUT2D eigenvalue weighted by molar-refractivity contribution is 0.668. The molecule has 52 heavy (non-hydrogen) atoms. The fourth-order valence-corrected chi connectivity index (χ4v) is 7.64. The van der Waals surface area contributed by atoms with Gasteiger partial charge in [0.1, 0.15) is 11.2 Å². The summed E-state index contributed by atoms with van der Waals surface area (Å²) < 4.78 is 8.39. The highest BCUT2D eigenvalue weighted by Crippen LogP contribution is 2.37. The van der Waals surface area contributed by atoms with E-state index in [-0.39, 0.29) is 0 Å². The van der Waals surface area contributed by atoms with Crippen LogP contribution in [0.3, 0.4) is 0 Å². The SMILES string of the molecule is c1ccc2cc(-c3ccc4cc(-c5nc(-c6cccc7oc8ccncc8c67)nc(-n6c7ccccc7c7ccccc76)n5)ccc4c3)ccc2c1. The largest absolute Gasteiger partial charge is 0.456 e. The van der Waals surface area contributed by atoms with Gasteiger partial charge >= 0.3 is 0 Å². The summed E-state index contributed by atoms with van der Waals surface area (Å²) in [7, 11) is 0. The summed E-state index contributed by atoms with van der Waals surface area (Å²) in [6.07, 6.45) is 3.59. The van der Waals surface area contributed by atoms with Gasteiger partial charge in [-0.2, -0.15) is 9.97 Å². The molecule has 0 bridgehead atoms. The maximum absolute atomic E-state index is 6.24. The Morgan fingerprint density at radius 1 is 0.442 bits per heavy atom. The van der Waals surface area contributed by atoms with Crippen molar-refractivity contribution in [2.24, 2.45) is 0 Å². The minimum absolute atomic E-state index is 0.548. The molecular weight excluding hydrogens is 639 g/mol. The van der Waals surface area contributed by atoms with Crippen LogP contribution in [0.4, 0.5) is 0 Å². The molecule has 11 rings (SSSR count). The second-order valence-corrected chi connectivity index (χ2v) is 13.1. The Labute approximate surface area is 297 Å². The lowest BCUT2D eigenvalue weighted by atomic mass is 9.98. The summed E-state index contributed by atoms with van der Waals surface area (Å²) in [5, 5.41) is 8.85. The van der Waals surface area contributed by atoms with Gasteiger partial charge in [-0.25, -0.2) is 4.98 Å². The summed E-state index contributed by atoms with van der Waals surface area (Å²) in [6.45, 7) is 0. The van der Waals surface area contributed by atoms with Crippen LogP contribution in [0.2, 0.25) is 0 Å². The Morgan fingerprint density at radius 3 is 1.83 bits per heavy atom. The molecule has 0 atom stereocenters. The molecule has 0 spiro atoms. The number of fused-ring (bicyclic) bond motifs is 8. The molecule has 0 aliphatic rings. The minimum atomic E-state index is 0.548. The Bertz CT molecular complexity index is 3160. The van der Waals surface area contributed by atoms with Crippen molar-refractivity contribution in [2.75, 3.05) is 0 Å². The minimum Gasteiger partial charge on any atom is -0.456 e. The number of aromatic nitrogens is 5. The molecule has 0 saturated carbocycles. The first kappa shape index (κ1) is 28.6. The molecule has 0 radical (unpaired) electrons. The zero-order chi connectivity index (χ0) is 34.2. The lowest BCUT2D eigenvalue weighted by Gasteiger charge is -2.12. The molecule has 0 aliphatic heterocycles. The Kier molecular flexibility index (Phi) is 6.15. The van der Waals surface area contributed by atoms with Gasteiger partial charge in [0.25, 0.3) is 0 Å². The first-order chi connectivity index (χ1) is 25.7. The smallest absolute Gasteiger partial charge is 0.238 e. The average molecular weight is 666 g/mol. The van der Waals surface area contributed by atoms with Gasteiger partial charge in [-0.1, -0.05) is 109 Å². The lowest BCUT2D eigenvalue weighted by Crippen LogP contribution is -2.06. The van der Waals surface area contributed by atoms with E-state index >= 15 is 0 Å². The molecule has 0 fully saturated rings. The average Bonchev–Trinajstić information content (AvgIpc) is 3.76. The van der Waals surface area contributed by atoms with Crippen LogP contribution in [0.15, 0.2) is 168 Å². The van der Waals surface area contributed by atoms with E-state index in [1.165, 1.54) is 21.9 Å². The van der Waals surface area contributed by atoms with E-state index in [0.717, 1.165) is 65.6 Å². The highest BCUT2D eigenvalue weighted by molar-refractivity contribution is 6.12. The molecule has 11 aromatic rings. The van der Waals surface area contributed by atoms with Gasteiger partial charge in [-0.05, 0) is 75.1 Å². The highest BCUT2D eigenvalue weighted by atomic mass is 16.3. The van der Waals surface area contributed by atoms with E-state index in [0.29, 0.717) is 17.6 Å². The number of pyridine rings is 1. The van der Waals surface area contributed by atoms with Gasteiger partial charge in [-0.3, -0.25) is 9.55 Å². The molecule has 0 amide bonds. The van der Waals surface area contributed by atoms with Crippen LogP contribution in [-0.2, 0) is 0 Å². The fraction of sp³-hybridized carbons (Fsp3) is 0. The molecule has 6 nitrogen and oxygen atoms in total. The fourth-order valence-electron chi connectivity index (χ4n) is 7.64. The molecule has 4 aromatic heterocycles. The molecule has 242 valence electrons. The Morgan fingerprint density at radius 2 is 1.06 bits per heavy atom. The van der Waals surface area contributed by atoms with E-state index in [1.807, 2.05) is 30.5 Å². The molecule has 0 saturated heterocycles. The van der Waals surface area contributed by atoms with Crippen LogP contribution in [-0.4, -0.2) is 24.5 Å². The van der Waals surface area contributed by atoms with Gasteiger partial charge in [-0.15, -0.1) is 0 Å². The quantitative estimate of drug-likeness (QED) is 0.187. The second-order valence-electron chi connectivity index (χ2n) is 13.1. The number of para-hydroxylation sites is 2. The van der Waals surface area contributed by atoms with Crippen molar-refractivity contribution in [3.63, 3.8) is 0 Å². The maximum Gasteiger partial charge on any atom is 0.238 e. The van der Waals surface area contributed by atoms with Gasteiger partial charge in [0, 0.05) is 45.1 Å². The van der Waals surface area contributed by atoms with Crippen molar-refractivity contribution in [1.29, 1.82) is 0 Å². The van der Waals surface area contributed by atoms with Gasteiger partial charge in [0.05, 0.1) is 11.0 Å². The number of hydrogen-bond donors (Lipinski definition) is 0. The van der Waals surface area contributed by atoms with Crippen molar-refractivity contribution in [1.82, 2.24) is 24.5 Å². The first-order valence-corrected chi connectivity index (χ1v) is 17.3. The summed E-state index contributed by atoms with van der Waals surface area (Å²) >= 11 is 0. The third kappa shape index (κ3) is 4.44. The van der Waals surface area contributed by atoms with Crippen LogP contribution >= 0.6 is 0 Å². The predicted molar refractivity (Wildman–Crippen MR) is 211 cm³/mol. The monoisotopic (exact) mass is 665 g/mol. The molecule has 0 aliphatic carbocycles. The predicted octanol–water partition coefficient (Wildman–Crippen LogP) is 11.6. The summed E-state index contributed by atoms with van der Waals surface area (Å²) in [6, 6.07) is 52.9. The second kappa shape index (κ2) is 11.2. The molecule has 4 heterocycles. The van der Waals surface area contributed by atoms with Gasteiger partial charge in [0.15, 0.2) is 11.6 Å². The maximum atomic E-state index is 6.24. The topological polar surface area (TPSA) is 69.6 Å². The number of rotatable bonds is 4. The molecule has 0 N–H and O–H groups in total. The van der Waals surface area contributed by atoms with Crippen LogP contribution < -0.4 is 0 Å². The molecule has 0 unspecified atom stereocenters. The molecular formula is C46H27N5O. The van der Waals surface area contributed by atoms with Crippen LogP contribution in [0.25, 0.3) is 105 Å². The van der Waals surface area contributed by atoms with Crippen molar-refractivity contribution >= 4 is 65.3 Å². The number of nitrogens with zero attached hydrogens (tertiary/aromatic N) is 5. The molecule has 6 heteroatoms. The third-order valence-corrected chi connectivity index (χ3v) is 10.1. The highest BCUT2D eigenvalue weighted by Gasteiger charge is 2.20.